The van der Waals surface area contributed by atoms with E-state index in [0.29, 0.717) is 13.1 Å². The van der Waals surface area contributed by atoms with Crippen LogP contribution in [0, 0.1) is 6.92 Å². The summed E-state index contributed by atoms with van der Waals surface area (Å²) in [7, 11) is 2.20. The van der Waals surface area contributed by atoms with Gasteiger partial charge in [-0.25, -0.2) is 9.78 Å². The first kappa shape index (κ1) is 24.5. The Morgan fingerprint density at radius 1 is 1.14 bits per heavy atom. The van der Waals surface area contributed by atoms with Crippen LogP contribution in [0.1, 0.15) is 81.2 Å². The lowest BCUT2D eigenvalue weighted by Gasteiger charge is -2.38. The van der Waals surface area contributed by atoms with Crippen LogP contribution in [0.25, 0.3) is 16.6 Å². The van der Waals surface area contributed by atoms with Gasteiger partial charge in [-0.15, -0.1) is 0 Å². The Labute approximate surface area is 213 Å². The smallest absolute Gasteiger partial charge is 0.410 e. The zero-order chi connectivity index (χ0) is 25.4. The number of rotatable bonds is 3. The fourth-order valence-electron chi connectivity index (χ4n) is 5.52. The minimum atomic E-state index is -0.487. The molecule has 0 spiro atoms. The summed E-state index contributed by atoms with van der Waals surface area (Å²) in [4.78, 5) is 30.1. The van der Waals surface area contributed by atoms with Gasteiger partial charge in [0.2, 0.25) is 0 Å². The number of aromatic amines is 1. The predicted molar refractivity (Wildman–Crippen MR) is 143 cm³/mol. The molecule has 1 amide bonds. The third-order valence-corrected chi connectivity index (χ3v) is 7.36. The molecule has 5 rings (SSSR count). The lowest BCUT2D eigenvalue weighted by atomic mass is 9.92. The third-order valence-electron chi connectivity index (χ3n) is 7.36. The molecule has 1 aromatic carbocycles. The number of fused-ring (bicyclic) bond motifs is 1. The molecule has 190 valence electrons. The minimum absolute atomic E-state index is 0.216. The SMILES string of the molecule is Cc1cccnc1[C@@H]1CCC[C@H](c2nc3cccc(C4=CCN(C(=O)OC(C)(C)C)CC4)c3[nH]2)N1C. The van der Waals surface area contributed by atoms with Crippen LogP contribution in [-0.2, 0) is 4.74 Å². The van der Waals surface area contributed by atoms with Crippen LogP contribution in [0.4, 0.5) is 4.79 Å². The number of aromatic nitrogens is 3. The molecular formula is C29H37N5O2. The van der Waals surface area contributed by atoms with Gasteiger partial charge in [0.1, 0.15) is 11.4 Å². The summed E-state index contributed by atoms with van der Waals surface area (Å²) in [6.45, 7) is 9.05. The molecule has 0 bridgehead atoms. The number of amides is 1. The number of para-hydroxylation sites is 1. The largest absolute Gasteiger partial charge is 0.444 e. The quantitative estimate of drug-likeness (QED) is 0.477. The molecule has 0 saturated carbocycles. The van der Waals surface area contributed by atoms with E-state index >= 15 is 0 Å². The van der Waals surface area contributed by atoms with Crippen LogP contribution >= 0.6 is 0 Å². The molecule has 1 fully saturated rings. The molecule has 7 nitrogen and oxygen atoms in total. The van der Waals surface area contributed by atoms with E-state index in [-0.39, 0.29) is 18.2 Å². The zero-order valence-corrected chi connectivity index (χ0v) is 22.0. The zero-order valence-electron chi connectivity index (χ0n) is 22.0. The molecule has 0 unspecified atom stereocenters. The highest BCUT2D eigenvalue weighted by atomic mass is 16.6. The Kier molecular flexibility index (Phi) is 6.60. The number of hydrogen-bond acceptors (Lipinski definition) is 5. The predicted octanol–water partition coefficient (Wildman–Crippen LogP) is 6.19. The average molecular weight is 488 g/mol. The first-order valence-electron chi connectivity index (χ1n) is 13.0. The van der Waals surface area contributed by atoms with Gasteiger partial charge in [0.05, 0.1) is 28.8 Å². The molecule has 4 heterocycles. The summed E-state index contributed by atoms with van der Waals surface area (Å²) >= 11 is 0. The van der Waals surface area contributed by atoms with Crippen molar-refractivity contribution >= 4 is 22.7 Å². The third kappa shape index (κ3) is 4.89. The first-order valence-corrected chi connectivity index (χ1v) is 13.0. The van der Waals surface area contributed by atoms with Crippen molar-refractivity contribution < 1.29 is 9.53 Å². The highest BCUT2D eigenvalue weighted by Gasteiger charge is 2.33. The van der Waals surface area contributed by atoms with Crippen molar-refractivity contribution in [3.05, 3.63) is 65.2 Å². The Morgan fingerprint density at radius 3 is 2.67 bits per heavy atom. The average Bonchev–Trinajstić information content (AvgIpc) is 3.28. The molecule has 1 N–H and O–H groups in total. The number of benzene rings is 1. The summed E-state index contributed by atoms with van der Waals surface area (Å²) in [6, 6.07) is 11.0. The van der Waals surface area contributed by atoms with E-state index < -0.39 is 5.60 Å². The number of carbonyl (C=O) groups is 1. The highest BCUT2D eigenvalue weighted by molar-refractivity contribution is 5.90. The maximum absolute atomic E-state index is 12.5. The number of carbonyl (C=O) groups excluding carboxylic acids is 1. The lowest BCUT2D eigenvalue weighted by Crippen LogP contribution is -2.39. The van der Waals surface area contributed by atoms with Gasteiger partial charge >= 0.3 is 6.09 Å². The van der Waals surface area contributed by atoms with E-state index in [4.69, 9.17) is 14.7 Å². The second-order valence-electron chi connectivity index (χ2n) is 11.1. The van der Waals surface area contributed by atoms with Gasteiger partial charge in [-0.05, 0) is 83.7 Å². The summed E-state index contributed by atoms with van der Waals surface area (Å²) in [5.41, 5.74) is 6.41. The number of hydrogen-bond donors (Lipinski definition) is 1. The summed E-state index contributed by atoms with van der Waals surface area (Å²) in [5.74, 6) is 1.02. The molecule has 2 aromatic heterocycles. The number of nitrogens with zero attached hydrogens (tertiary/aromatic N) is 4. The normalized spacial score (nSPS) is 21.5. The monoisotopic (exact) mass is 487 g/mol. The molecule has 2 aliphatic rings. The number of H-pyrrole nitrogens is 1. The van der Waals surface area contributed by atoms with E-state index in [1.165, 1.54) is 22.4 Å². The van der Waals surface area contributed by atoms with Crippen LogP contribution in [0.2, 0.25) is 0 Å². The van der Waals surface area contributed by atoms with Crippen LogP contribution in [0.3, 0.4) is 0 Å². The molecule has 0 radical (unpaired) electrons. The second kappa shape index (κ2) is 9.69. The molecular weight excluding hydrogens is 450 g/mol. The Bertz CT molecular complexity index is 1290. The van der Waals surface area contributed by atoms with Crippen molar-refractivity contribution in [2.45, 2.75) is 71.1 Å². The van der Waals surface area contributed by atoms with Gasteiger partial charge in [0.25, 0.3) is 0 Å². The van der Waals surface area contributed by atoms with E-state index in [1.807, 2.05) is 33.0 Å². The van der Waals surface area contributed by atoms with E-state index in [1.54, 1.807) is 4.90 Å². The van der Waals surface area contributed by atoms with Crippen molar-refractivity contribution in [3.63, 3.8) is 0 Å². The number of imidazole rings is 1. The van der Waals surface area contributed by atoms with Crippen molar-refractivity contribution in [1.82, 2.24) is 24.8 Å². The van der Waals surface area contributed by atoms with Gasteiger partial charge in [-0.3, -0.25) is 9.88 Å². The first-order chi connectivity index (χ1) is 17.2. The molecule has 36 heavy (non-hydrogen) atoms. The second-order valence-corrected chi connectivity index (χ2v) is 11.1. The number of ether oxygens (including phenoxy) is 1. The fourth-order valence-corrected chi connectivity index (χ4v) is 5.52. The van der Waals surface area contributed by atoms with E-state index in [2.05, 4.69) is 54.2 Å². The van der Waals surface area contributed by atoms with Crippen LogP contribution in [-0.4, -0.2) is 56.6 Å². The van der Waals surface area contributed by atoms with Gasteiger partial charge in [0.15, 0.2) is 0 Å². The van der Waals surface area contributed by atoms with Crippen molar-refractivity contribution in [2.24, 2.45) is 0 Å². The van der Waals surface area contributed by atoms with Gasteiger partial charge in [-0.1, -0.05) is 24.3 Å². The Morgan fingerprint density at radius 2 is 1.94 bits per heavy atom. The van der Waals surface area contributed by atoms with Gasteiger partial charge in [-0.2, -0.15) is 0 Å². The summed E-state index contributed by atoms with van der Waals surface area (Å²) in [6.07, 6.45) is 7.91. The molecule has 3 aromatic rings. The number of piperidine rings is 1. The maximum atomic E-state index is 12.5. The summed E-state index contributed by atoms with van der Waals surface area (Å²) in [5, 5.41) is 0. The van der Waals surface area contributed by atoms with E-state index in [0.717, 1.165) is 42.5 Å². The topological polar surface area (TPSA) is 74.4 Å². The molecule has 2 atom stereocenters. The standard InChI is InChI=1S/C29H37N5O2/c1-19-9-8-16-30-25(19)23-12-7-13-24(33(23)5)27-31-22-11-6-10-21(26(22)32-27)20-14-17-34(18-15-20)28(35)36-29(2,3)4/h6,8-11,14,16,23-24H,7,12-13,15,17-18H2,1-5H3,(H,31,32)/t23-,24+/m0/s1. The van der Waals surface area contributed by atoms with Gasteiger partial charge < -0.3 is 14.6 Å². The summed E-state index contributed by atoms with van der Waals surface area (Å²) < 4.78 is 5.55. The highest BCUT2D eigenvalue weighted by Crippen LogP contribution is 2.40. The lowest BCUT2D eigenvalue weighted by molar-refractivity contribution is 0.0270. The van der Waals surface area contributed by atoms with Crippen LogP contribution in [0.15, 0.2) is 42.6 Å². The van der Waals surface area contributed by atoms with Gasteiger partial charge in [0, 0.05) is 24.8 Å². The Balaban J connectivity index is 1.39. The van der Waals surface area contributed by atoms with Crippen molar-refractivity contribution in [1.29, 1.82) is 0 Å². The number of nitrogens with one attached hydrogen (secondary N) is 1. The maximum Gasteiger partial charge on any atom is 0.410 e. The van der Waals surface area contributed by atoms with E-state index in [9.17, 15) is 4.79 Å². The number of likely N-dealkylation sites (tertiary alicyclic amines) is 1. The number of pyridine rings is 1. The Hall–Kier alpha value is -3.19. The molecule has 7 heteroatoms. The fraction of sp³-hybridized carbons (Fsp3) is 0.483. The minimum Gasteiger partial charge on any atom is -0.444 e. The van der Waals surface area contributed by atoms with Crippen molar-refractivity contribution in [3.8, 4) is 0 Å². The van der Waals surface area contributed by atoms with Crippen LogP contribution < -0.4 is 0 Å². The van der Waals surface area contributed by atoms with Crippen LogP contribution in [0.5, 0.6) is 0 Å². The molecule has 0 aliphatic carbocycles. The van der Waals surface area contributed by atoms with Crippen molar-refractivity contribution in [2.75, 3.05) is 20.1 Å². The number of aryl methyl sites for hydroxylation is 1. The molecule has 1 saturated heterocycles. The molecule has 2 aliphatic heterocycles.